The number of piperidine rings is 3. The molecule has 6 heteroatoms. The van der Waals surface area contributed by atoms with Gasteiger partial charge in [0.05, 0.1) is 6.04 Å². The topological polar surface area (TPSA) is 49.4 Å². The van der Waals surface area contributed by atoms with Crippen molar-refractivity contribution in [3.8, 4) is 0 Å². The minimum absolute atomic E-state index is 0.181. The molecule has 0 radical (unpaired) electrons. The molecule has 3 aliphatic heterocycles. The lowest BCUT2D eigenvalue weighted by atomic mass is 9.82. The number of carbonyl (C=O) groups excluding carboxylic acids is 2. The number of amides is 1. The fourth-order valence-corrected chi connectivity index (χ4v) is 2.66. The van der Waals surface area contributed by atoms with Crippen molar-refractivity contribution in [3.05, 3.63) is 0 Å². The van der Waals surface area contributed by atoms with E-state index in [1.54, 1.807) is 0 Å². The predicted octanol–water partition coefficient (Wildman–Crippen LogP) is 0.960. The number of alkyl halides is 2. The number of ketones is 1. The summed E-state index contributed by atoms with van der Waals surface area (Å²) >= 11 is 11.3. The molecule has 2 bridgehead atoms. The van der Waals surface area contributed by atoms with Crippen LogP contribution in [0.5, 0.6) is 0 Å². The average molecular weight is 279 g/mol. The van der Waals surface area contributed by atoms with E-state index in [1.807, 2.05) is 0 Å². The van der Waals surface area contributed by atoms with Crippen LogP contribution in [0.4, 0.5) is 0 Å². The Hall–Kier alpha value is -0.320. The summed E-state index contributed by atoms with van der Waals surface area (Å²) < 4.78 is -1.44. The highest BCUT2D eigenvalue weighted by molar-refractivity contribution is 6.57. The molecule has 0 aliphatic carbocycles. The van der Waals surface area contributed by atoms with Crippen LogP contribution >= 0.6 is 23.2 Å². The van der Waals surface area contributed by atoms with E-state index in [2.05, 4.69) is 10.2 Å². The van der Waals surface area contributed by atoms with Crippen LogP contribution < -0.4 is 5.32 Å². The first-order chi connectivity index (χ1) is 7.89. The number of Topliss-reactive ketones (excluding diaryl/α,β-unsaturated/α-hetero) is 1. The Balaban J connectivity index is 1.91. The van der Waals surface area contributed by atoms with Crippen LogP contribution in [-0.4, -0.2) is 46.6 Å². The van der Waals surface area contributed by atoms with Crippen molar-refractivity contribution < 1.29 is 9.59 Å². The molecule has 0 aromatic heterocycles. The largest absolute Gasteiger partial charge is 0.351 e. The molecular weight excluding hydrogens is 263 g/mol. The van der Waals surface area contributed by atoms with E-state index in [-0.39, 0.29) is 17.7 Å². The summed E-state index contributed by atoms with van der Waals surface area (Å²) in [6.07, 6.45) is 1.90. The van der Waals surface area contributed by atoms with Crippen molar-refractivity contribution in [2.75, 3.05) is 19.6 Å². The summed E-state index contributed by atoms with van der Waals surface area (Å²) in [6.45, 7) is 3.61. The minimum Gasteiger partial charge on any atom is -0.351 e. The summed E-state index contributed by atoms with van der Waals surface area (Å²) in [5, 5.41) is 2.64. The molecule has 0 saturated carbocycles. The Bertz CT molecular complexity index is 333. The fraction of sp³-hybridized carbons (Fsp3) is 0.818. The lowest BCUT2D eigenvalue weighted by molar-refractivity contribution is -0.137. The number of halogens is 2. The van der Waals surface area contributed by atoms with E-state index in [1.165, 1.54) is 6.92 Å². The Kier molecular flexibility index (Phi) is 3.66. The highest BCUT2D eigenvalue weighted by Gasteiger charge is 2.41. The highest BCUT2D eigenvalue weighted by atomic mass is 35.5. The van der Waals surface area contributed by atoms with Crippen molar-refractivity contribution in [1.82, 2.24) is 10.2 Å². The first-order valence-electron chi connectivity index (χ1n) is 5.83. The van der Waals surface area contributed by atoms with Crippen LogP contribution in [0.1, 0.15) is 19.8 Å². The lowest BCUT2D eigenvalue weighted by Gasteiger charge is -2.44. The van der Waals surface area contributed by atoms with Gasteiger partial charge in [-0.15, -0.1) is 0 Å². The molecule has 3 rings (SSSR count). The third-order valence-corrected chi connectivity index (χ3v) is 3.90. The van der Waals surface area contributed by atoms with Crippen LogP contribution in [0, 0.1) is 5.92 Å². The molecule has 96 valence electrons. The smallest absolute Gasteiger partial charge is 0.256 e. The van der Waals surface area contributed by atoms with E-state index < -0.39 is 10.2 Å². The summed E-state index contributed by atoms with van der Waals surface area (Å²) in [5.74, 6) is -0.0229. The van der Waals surface area contributed by atoms with Crippen LogP contribution in [-0.2, 0) is 9.59 Å². The summed E-state index contributed by atoms with van der Waals surface area (Å²) in [6, 6.07) is -0.192. The summed E-state index contributed by atoms with van der Waals surface area (Å²) in [7, 11) is 0. The van der Waals surface area contributed by atoms with Crippen molar-refractivity contribution in [2.24, 2.45) is 5.92 Å². The number of hydrogen-bond donors (Lipinski definition) is 1. The molecular formula is C11H16Cl2N2O2. The van der Waals surface area contributed by atoms with Gasteiger partial charge in [0.2, 0.25) is 0 Å². The van der Waals surface area contributed by atoms with E-state index in [0.29, 0.717) is 6.54 Å². The van der Waals surface area contributed by atoms with Gasteiger partial charge < -0.3 is 5.32 Å². The van der Waals surface area contributed by atoms with Crippen molar-refractivity contribution in [2.45, 2.75) is 30.1 Å². The van der Waals surface area contributed by atoms with E-state index in [9.17, 15) is 9.59 Å². The monoisotopic (exact) mass is 278 g/mol. The van der Waals surface area contributed by atoms with Crippen LogP contribution in [0.3, 0.4) is 0 Å². The third kappa shape index (κ3) is 2.75. The zero-order chi connectivity index (χ0) is 12.6. The quantitative estimate of drug-likeness (QED) is 0.783. The molecule has 1 atom stereocenters. The molecule has 0 spiro atoms. The van der Waals surface area contributed by atoms with Gasteiger partial charge >= 0.3 is 0 Å². The van der Waals surface area contributed by atoms with Gasteiger partial charge in [-0.3, -0.25) is 14.5 Å². The van der Waals surface area contributed by atoms with Crippen molar-refractivity contribution >= 4 is 34.9 Å². The van der Waals surface area contributed by atoms with Gasteiger partial charge in [0.1, 0.15) is 0 Å². The Morgan fingerprint density at radius 1 is 1.47 bits per heavy atom. The van der Waals surface area contributed by atoms with Crippen LogP contribution in [0.2, 0.25) is 0 Å². The van der Waals surface area contributed by atoms with Gasteiger partial charge in [-0.1, -0.05) is 23.2 Å². The molecule has 1 amide bonds. The molecule has 3 saturated heterocycles. The second kappa shape index (κ2) is 4.75. The van der Waals surface area contributed by atoms with E-state index >= 15 is 0 Å². The maximum Gasteiger partial charge on any atom is 0.256 e. The van der Waals surface area contributed by atoms with Gasteiger partial charge in [-0.05, 0) is 32.9 Å². The molecule has 4 nitrogen and oxygen atoms in total. The van der Waals surface area contributed by atoms with Crippen LogP contribution in [0.15, 0.2) is 0 Å². The molecule has 17 heavy (non-hydrogen) atoms. The van der Waals surface area contributed by atoms with Crippen LogP contribution in [0.25, 0.3) is 0 Å². The molecule has 3 fully saturated rings. The van der Waals surface area contributed by atoms with Gasteiger partial charge in [0, 0.05) is 12.5 Å². The summed E-state index contributed by atoms with van der Waals surface area (Å²) in [4.78, 5) is 25.6. The van der Waals surface area contributed by atoms with Gasteiger partial charge in [-0.2, -0.15) is 0 Å². The number of carbonyl (C=O) groups is 2. The minimum atomic E-state index is -1.44. The van der Waals surface area contributed by atoms with E-state index in [0.717, 1.165) is 25.9 Å². The number of nitrogens with one attached hydrogen (secondary N) is 1. The molecule has 3 aliphatic rings. The number of rotatable bonds is 3. The van der Waals surface area contributed by atoms with E-state index in [4.69, 9.17) is 23.2 Å². The molecule has 1 N–H and O–H groups in total. The Labute approximate surface area is 111 Å². The first kappa shape index (κ1) is 13.1. The number of fused-ring (bicyclic) bond motifs is 3. The first-order valence-corrected chi connectivity index (χ1v) is 6.59. The van der Waals surface area contributed by atoms with Crippen molar-refractivity contribution in [1.29, 1.82) is 0 Å². The second-order valence-corrected chi connectivity index (χ2v) is 6.53. The van der Waals surface area contributed by atoms with Gasteiger partial charge in [0.25, 0.3) is 5.91 Å². The second-order valence-electron chi connectivity index (χ2n) is 4.83. The molecule has 3 heterocycles. The number of hydrogen-bond acceptors (Lipinski definition) is 3. The molecule has 0 aromatic rings. The zero-order valence-electron chi connectivity index (χ0n) is 9.71. The maximum absolute atomic E-state index is 12.0. The fourth-order valence-electron chi connectivity index (χ4n) is 2.52. The summed E-state index contributed by atoms with van der Waals surface area (Å²) in [5.41, 5.74) is 0. The molecule has 0 aromatic carbocycles. The maximum atomic E-state index is 12.0. The zero-order valence-corrected chi connectivity index (χ0v) is 11.2. The van der Waals surface area contributed by atoms with Crippen molar-refractivity contribution in [3.63, 3.8) is 0 Å². The SMILES string of the molecule is CC(Cl)(Cl)C(=O)NCC1C(=O)C2CCN1CC2. The number of nitrogens with zero attached hydrogens (tertiary/aromatic N) is 1. The highest BCUT2D eigenvalue weighted by Crippen LogP contribution is 2.28. The molecule has 1 unspecified atom stereocenters. The normalized spacial score (nSPS) is 32.6. The predicted molar refractivity (Wildman–Crippen MR) is 66.2 cm³/mol. The third-order valence-electron chi connectivity index (χ3n) is 3.56. The lowest BCUT2D eigenvalue weighted by Crippen LogP contribution is -2.59. The van der Waals surface area contributed by atoms with Gasteiger partial charge in [-0.25, -0.2) is 0 Å². The van der Waals surface area contributed by atoms with Gasteiger partial charge in [0.15, 0.2) is 10.1 Å². The standard InChI is InChI=1S/C11H16Cl2N2O2/c1-11(12,13)10(17)14-6-8-9(16)7-2-4-15(8)5-3-7/h7-8H,2-6H2,1H3,(H,14,17). The Morgan fingerprint density at radius 3 is 2.53 bits per heavy atom. The average Bonchev–Trinajstić information content (AvgIpc) is 2.27. The Morgan fingerprint density at radius 2 is 2.06 bits per heavy atom.